The van der Waals surface area contributed by atoms with E-state index in [1.165, 1.54) is 25.7 Å². The van der Waals surface area contributed by atoms with Gasteiger partial charge in [0.15, 0.2) is 11.6 Å². The lowest BCUT2D eigenvalue weighted by molar-refractivity contribution is 0.208. The van der Waals surface area contributed by atoms with Gasteiger partial charge in [-0.1, -0.05) is 24.4 Å². The highest BCUT2D eigenvalue weighted by Crippen LogP contribution is 2.28. The summed E-state index contributed by atoms with van der Waals surface area (Å²) in [6, 6.07) is 9.11. The van der Waals surface area contributed by atoms with Crippen LogP contribution in [-0.4, -0.2) is 67.5 Å². The number of aromatic nitrogens is 2. The second-order valence-electron chi connectivity index (χ2n) is 7.90. The van der Waals surface area contributed by atoms with Crippen molar-refractivity contribution in [3.8, 4) is 5.75 Å². The van der Waals surface area contributed by atoms with E-state index in [0.29, 0.717) is 42.6 Å². The molecule has 31 heavy (non-hydrogen) atoms. The Hall–Kier alpha value is -2.74. The van der Waals surface area contributed by atoms with Gasteiger partial charge in [0.2, 0.25) is 0 Å². The summed E-state index contributed by atoms with van der Waals surface area (Å²) >= 11 is 6.06. The zero-order valence-corrected chi connectivity index (χ0v) is 18.6. The molecule has 0 atom stereocenters. The zero-order valence-electron chi connectivity index (χ0n) is 17.9. The monoisotopic (exact) mass is 444 g/mol. The first-order valence-corrected chi connectivity index (χ1v) is 11.2. The summed E-state index contributed by atoms with van der Waals surface area (Å²) < 4.78 is 5.30. The van der Waals surface area contributed by atoms with Crippen molar-refractivity contribution < 1.29 is 9.53 Å². The first-order chi connectivity index (χ1) is 15.1. The van der Waals surface area contributed by atoms with Crippen LogP contribution in [0.2, 0.25) is 5.02 Å². The molecule has 2 saturated heterocycles. The number of urea groups is 1. The maximum Gasteiger partial charge on any atom is 0.322 e. The van der Waals surface area contributed by atoms with Gasteiger partial charge in [0, 0.05) is 44.3 Å². The van der Waals surface area contributed by atoms with Gasteiger partial charge in [0.1, 0.15) is 5.75 Å². The SMILES string of the molecule is COc1ccc(Cl)cc1NC(=O)N1CCN(c2ccc(N3CCCCCC3)nn2)CC1. The molecule has 2 aliphatic rings. The Kier molecular flexibility index (Phi) is 6.96. The van der Waals surface area contributed by atoms with Gasteiger partial charge in [-0.25, -0.2) is 4.79 Å². The Labute approximate surface area is 188 Å². The molecule has 1 aromatic heterocycles. The molecule has 1 aromatic carbocycles. The van der Waals surface area contributed by atoms with Gasteiger partial charge in [-0.2, -0.15) is 0 Å². The highest BCUT2D eigenvalue weighted by molar-refractivity contribution is 6.31. The molecule has 0 saturated carbocycles. The number of nitrogens with one attached hydrogen (secondary N) is 1. The molecule has 4 rings (SSSR count). The number of carbonyl (C=O) groups is 1. The van der Waals surface area contributed by atoms with Crippen LogP contribution in [0, 0.1) is 0 Å². The quantitative estimate of drug-likeness (QED) is 0.771. The molecule has 166 valence electrons. The first kappa shape index (κ1) is 21.5. The second kappa shape index (κ2) is 10.0. The van der Waals surface area contributed by atoms with E-state index in [0.717, 1.165) is 24.7 Å². The fourth-order valence-electron chi connectivity index (χ4n) is 4.07. The number of benzene rings is 1. The minimum atomic E-state index is -0.164. The maximum absolute atomic E-state index is 12.7. The van der Waals surface area contributed by atoms with Crippen LogP contribution in [0.5, 0.6) is 5.75 Å². The molecule has 0 unspecified atom stereocenters. The van der Waals surface area contributed by atoms with Gasteiger partial charge in [-0.05, 0) is 43.2 Å². The van der Waals surface area contributed by atoms with E-state index in [2.05, 4.69) is 31.4 Å². The second-order valence-corrected chi connectivity index (χ2v) is 8.34. The number of amides is 2. The van der Waals surface area contributed by atoms with Gasteiger partial charge in [0.25, 0.3) is 0 Å². The fraction of sp³-hybridized carbons (Fsp3) is 0.500. The standard InChI is InChI=1S/C22H29ClN6O2/c1-31-19-7-6-17(23)16-18(19)24-22(30)29-14-12-28(13-15-29)21-9-8-20(25-26-21)27-10-4-2-3-5-11-27/h6-9,16H,2-5,10-15H2,1H3,(H,24,30). The number of rotatable bonds is 4. The molecule has 2 amide bonds. The van der Waals surface area contributed by atoms with Crippen LogP contribution in [0.1, 0.15) is 25.7 Å². The summed E-state index contributed by atoms with van der Waals surface area (Å²) in [4.78, 5) is 19.0. The van der Waals surface area contributed by atoms with Crippen molar-refractivity contribution in [2.24, 2.45) is 0 Å². The third-order valence-corrected chi connectivity index (χ3v) is 6.10. The molecule has 0 spiro atoms. The molecule has 0 bridgehead atoms. The van der Waals surface area contributed by atoms with Gasteiger partial charge in [-0.15, -0.1) is 10.2 Å². The zero-order chi connectivity index (χ0) is 21.6. The van der Waals surface area contributed by atoms with E-state index >= 15 is 0 Å². The number of carbonyl (C=O) groups excluding carboxylic acids is 1. The summed E-state index contributed by atoms with van der Waals surface area (Å²) in [5, 5.41) is 12.4. The van der Waals surface area contributed by atoms with Crippen LogP contribution in [0.4, 0.5) is 22.1 Å². The van der Waals surface area contributed by atoms with E-state index in [-0.39, 0.29) is 6.03 Å². The van der Waals surface area contributed by atoms with E-state index in [9.17, 15) is 4.79 Å². The van der Waals surface area contributed by atoms with Crippen molar-refractivity contribution in [3.63, 3.8) is 0 Å². The van der Waals surface area contributed by atoms with Crippen molar-refractivity contribution >= 4 is 35.0 Å². The van der Waals surface area contributed by atoms with E-state index in [1.807, 2.05) is 6.07 Å². The average Bonchev–Trinajstić information content (AvgIpc) is 3.09. The van der Waals surface area contributed by atoms with Gasteiger partial charge >= 0.3 is 6.03 Å². The topological polar surface area (TPSA) is 73.8 Å². The maximum atomic E-state index is 12.7. The smallest absolute Gasteiger partial charge is 0.322 e. The van der Waals surface area contributed by atoms with E-state index in [1.54, 1.807) is 30.2 Å². The van der Waals surface area contributed by atoms with Crippen LogP contribution >= 0.6 is 11.6 Å². The molecule has 9 heteroatoms. The number of hydrogen-bond donors (Lipinski definition) is 1. The minimum absolute atomic E-state index is 0.164. The lowest BCUT2D eigenvalue weighted by atomic mass is 10.2. The highest BCUT2D eigenvalue weighted by atomic mass is 35.5. The molecule has 0 aliphatic carbocycles. The first-order valence-electron chi connectivity index (χ1n) is 10.9. The normalized spacial score (nSPS) is 17.3. The number of methoxy groups -OCH3 is 1. The molecular formula is C22H29ClN6O2. The molecule has 0 radical (unpaired) electrons. The highest BCUT2D eigenvalue weighted by Gasteiger charge is 2.23. The molecule has 2 fully saturated rings. The number of hydrogen-bond acceptors (Lipinski definition) is 6. The molecule has 8 nitrogen and oxygen atoms in total. The molecule has 2 aliphatic heterocycles. The summed E-state index contributed by atoms with van der Waals surface area (Å²) in [5.41, 5.74) is 0.567. The number of nitrogens with zero attached hydrogens (tertiary/aromatic N) is 5. The van der Waals surface area contributed by atoms with Gasteiger partial charge in [0.05, 0.1) is 12.8 Å². The summed E-state index contributed by atoms with van der Waals surface area (Å²) in [6.07, 6.45) is 5.02. The Morgan fingerprint density at radius 1 is 0.903 bits per heavy atom. The Morgan fingerprint density at radius 3 is 2.10 bits per heavy atom. The summed E-state index contributed by atoms with van der Waals surface area (Å²) in [7, 11) is 1.57. The van der Waals surface area contributed by atoms with E-state index in [4.69, 9.17) is 16.3 Å². The number of halogens is 1. The van der Waals surface area contributed by atoms with Crippen molar-refractivity contribution in [1.82, 2.24) is 15.1 Å². The number of anilines is 3. The van der Waals surface area contributed by atoms with Crippen LogP contribution in [0.3, 0.4) is 0 Å². The molecule has 2 aromatic rings. The molecule has 3 heterocycles. The third-order valence-electron chi connectivity index (χ3n) is 5.86. The summed E-state index contributed by atoms with van der Waals surface area (Å²) in [6.45, 7) is 4.72. The fourth-order valence-corrected chi connectivity index (χ4v) is 4.24. The van der Waals surface area contributed by atoms with Crippen LogP contribution in [-0.2, 0) is 0 Å². The largest absolute Gasteiger partial charge is 0.495 e. The summed E-state index contributed by atoms with van der Waals surface area (Å²) in [5.74, 6) is 2.39. The average molecular weight is 445 g/mol. The van der Waals surface area contributed by atoms with Crippen molar-refractivity contribution in [2.45, 2.75) is 25.7 Å². The van der Waals surface area contributed by atoms with Crippen molar-refractivity contribution in [1.29, 1.82) is 0 Å². The Morgan fingerprint density at radius 2 is 1.52 bits per heavy atom. The molecular weight excluding hydrogens is 416 g/mol. The number of piperazine rings is 1. The Balaban J connectivity index is 1.32. The molecule has 1 N–H and O–H groups in total. The van der Waals surface area contributed by atoms with Gasteiger partial charge < -0.3 is 24.8 Å². The lowest BCUT2D eigenvalue weighted by Gasteiger charge is -2.35. The minimum Gasteiger partial charge on any atom is -0.495 e. The van der Waals surface area contributed by atoms with Crippen molar-refractivity contribution in [3.05, 3.63) is 35.4 Å². The van der Waals surface area contributed by atoms with E-state index < -0.39 is 0 Å². The predicted molar refractivity (Wildman–Crippen MR) is 124 cm³/mol. The van der Waals surface area contributed by atoms with Gasteiger partial charge in [-0.3, -0.25) is 0 Å². The third kappa shape index (κ3) is 5.31. The lowest BCUT2D eigenvalue weighted by Crippen LogP contribution is -2.50. The van der Waals surface area contributed by atoms with Crippen LogP contribution in [0.25, 0.3) is 0 Å². The van der Waals surface area contributed by atoms with Crippen LogP contribution in [0.15, 0.2) is 30.3 Å². The van der Waals surface area contributed by atoms with Crippen molar-refractivity contribution in [2.75, 3.05) is 61.5 Å². The number of ether oxygens (including phenoxy) is 1. The predicted octanol–water partition coefficient (Wildman–Crippen LogP) is 3.87. The Bertz CT molecular complexity index is 878. The van der Waals surface area contributed by atoms with Crippen LogP contribution < -0.4 is 19.9 Å².